The van der Waals surface area contributed by atoms with Gasteiger partial charge in [0.2, 0.25) is 0 Å². The molecule has 0 aliphatic carbocycles. The fourth-order valence-electron chi connectivity index (χ4n) is 3.73. The Bertz CT molecular complexity index is 1470. The number of benzene rings is 3. The molecule has 0 saturated heterocycles. The summed E-state index contributed by atoms with van der Waals surface area (Å²) in [6.07, 6.45) is -12.0. The SMILES string of the molecule is O=c1c2cc(Cl)c(Cl)cc2nc(Cc2ccccc2)n1-c1ccc(C(O)(C(F)(F)F)C(F)(F)F)cc1. The van der Waals surface area contributed by atoms with Crippen LogP contribution >= 0.6 is 23.2 Å². The van der Waals surface area contributed by atoms with E-state index in [-0.39, 0.29) is 38.9 Å². The summed E-state index contributed by atoms with van der Waals surface area (Å²) < 4.78 is 80.7. The van der Waals surface area contributed by atoms with E-state index in [1.165, 1.54) is 12.1 Å². The molecule has 1 N–H and O–H groups in total. The fourth-order valence-corrected chi connectivity index (χ4v) is 4.05. The van der Waals surface area contributed by atoms with Gasteiger partial charge in [0, 0.05) is 12.0 Å². The number of fused-ring (bicyclic) bond motifs is 1. The lowest BCUT2D eigenvalue weighted by molar-refractivity contribution is -0.376. The van der Waals surface area contributed by atoms with E-state index in [4.69, 9.17) is 23.2 Å². The van der Waals surface area contributed by atoms with Crippen LogP contribution in [0, 0.1) is 0 Å². The predicted molar refractivity (Wildman–Crippen MR) is 123 cm³/mol. The second-order valence-corrected chi connectivity index (χ2v) is 8.68. The molecule has 36 heavy (non-hydrogen) atoms. The van der Waals surface area contributed by atoms with Crippen LogP contribution in [0.4, 0.5) is 26.3 Å². The molecule has 4 rings (SSSR count). The maximum Gasteiger partial charge on any atom is 0.430 e. The molecule has 12 heteroatoms. The van der Waals surface area contributed by atoms with Gasteiger partial charge >= 0.3 is 12.4 Å². The zero-order valence-corrected chi connectivity index (χ0v) is 19.3. The molecule has 0 aliphatic rings. The number of alkyl halides is 6. The predicted octanol–water partition coefficient (Wildman–Crippen LogP) is 6.60. The van der Waals surface area contributed by atoms with Gasteiger partial charge in [0.25, 0.3) is 11.2 Å². The molecular weight excluding hydrogens is 533 g/mol. The summed E-state index contributed by atoms with van der Waals surface area (Å²) in [7, 11) is 0. The van der Waals surface area contributed by atoms with Crippen molar-refractivity contribution in [3.63, 3.8) is 0 Å². The van der Waals surface area contributed by atoms with Gasteiger partial charge in [-0.2, -0.15) is 26.3 Å². The molecule has 1 heterocycles. The van der Waals surface area contributed by atoms with E-state index in [9.17, 15) is 36.2 Å². The van der Waals surface area contributed by atoms with Crippen LogP contribution in [0.5, 0.6) is 0 Å². The van der Waals surface area contributed by atoms with Crippen LogP contribution in [-0.2, 0) is 12.0 Å². The Labute approximate surface area is 209 Å². The summed E-state index contributed by atoms with van der Waals surface area (Å²) in [6, 6.07) is 14.1. The average Bonchev–Trinajstić information content (AvgIpc) is 2.80. The zero-order chi connectivity index (χ0) is 26.5. The van der Waals surface area contributed by atoms with Crippen molar-refractivity contribution in [1.29, 1.82) is 0 Å². The smallest absolute Gasteiger partial charge is 0.369 e. The number of hydrogen-bond acceptors (Lipinski definition) is 3. The van der Waals surface area contributed by atoms with Crippen LogP contribution in [0.1, 0.15) is 17.0 Å². The van der Waals surface area contributed by atoms with Gasteiger partial charge in [0.05, 0.1) is 26.6 Å². The van der Waals surface area contributed by atoms with E-state index in [2.05, 4.69) is 4.98 Å². The van der Waals surface area contributed by atoms with Crippen LogP contribution in [-0.4, -0.2) is 27.0 Å². The molecule has 0 saturated carbocycles. The summed E-state index contributed by atoms with van der Waals surface area (Å²) >= 11 is 12.1. The lowest BCUT2D eigenvalue weighted by Crippen LogP contribution is -2.53. The Morgan fingerprint density at radius 1 is 0.833 bits per heavy atom. The molecule has 3 aromatic carbocycles. The van der Waals surface area contributed by atoms with E-state index in [1.54, 1.807) is 30.3 Å². The van der Waals surface area contributed by atoms with Crippen LogP contribution in [0.15, 0.2) is 71.5 Å². The van der Waals surface area contributed by atoms with E-state index in [1.807, 2.05) is 0 Å². The van der Waals surface area contributed by atoms with Crippen LogP contribution in [0.25, 0.3) is 16.6 Å². The minimum absolute atomic E-state index is 0.0346. The van der Waals surface area contributed by atoms with Gasteiger partial charge in [-0.1, -0.05) is 65.7 Å². The quantitative estimate of drug-likeness (QED) is 0.293. The highest BCUT2D eigenvalue weighted by Crippen LogP contribution is 2.50. The van der Waals surface area contributed by atoms with Crippen molar-refractivity contribution < 1.29 is 31.4 Å². The van der Waals surface area contributed by atoms with E-state index in [0.29, 0.717) is 12.1 Å². The largest absolute Gasteiger partial charge is 0.430 e. The first-order valence-corrected chi connectivity index (χ1v) is 10.9. The molecule has 0 fully saturated rings. The molecule has 0 aliphatic heterocycles. The Balaban J connectivity index is 1.93. The summed E-state index contributed by atoms with van der Waals surface area (Å²) in [5, 5.41) is 9.89. The molecule has 0 amide bonds. The van der Waals surface area contributed by atoms with E-state index in [0.717, 1.165) is 22.3 Å². The molecule has 0 radical (unpaired) electrons. The third-order valence-electron chi connectivity index (χ3n) is 5.55. The van der Waals surface area contributed by atoms with Crippen molar-refractivity contribution in [2.24, 2.45) is 0 Å². The lowest BCUT2D eigenvalue weighted by Gasteiger charge is -2.32. The number of aromatic nitrogens is 2. The second-order valence-electron chi connectivity index (χ2n) is 7.87. The van der Waals surface area contributed by atoms with Crippen molar-refractivity contribution in [3.05, 3.63) is 104 Å². The first-order chi connectivity index (χ1) is 16.7. The summed E-state index contributed by atoms with van der Waals surface area (Å²) in [4.78, 5) is 17.9. The third-order valence-corrected chi connectivity index (χ3v) is 6.27. The molecule has 4 aromatic rings. The molecule has 0 bridgehead atoms. The Morgan fingerprint density at radius 3 is 1.94 bits per heavy atom. The summed E-state index contributed by atoms with van der Waals surface area (Å²) in [5.74, 6) is 0.145. The topological polar surface area (TPSA) is 55.1 Å². The number of aliphatic hydroxyl groups is 1. The van der Waals surface area contributed by atoms with Crippen molar-refractivity contribution in [3.8, 4) is 5.69 Å². The molecule has 0 unspecified atom stereocenters. The van der Waals surface area contributed by atoms with E-state index < -0.39 is 29.1 Å². The molecule has 0 spiro atoms. The Morgan fingerprint density at radius 2 is 1.39 bits per heavy atom. The average molecular weight is 547 g/mol. The highest BCUT2D eigenvalue weighted by Gasteiger charge is 2.71. The van der Waals surface area contributed by atoms with Crippen LogP contribution in [0.3, 0.4) is 0 Å². The van der Waals surface area contributed by atoms with Crippen molar-refractivity contribution in [2.75, 3.05) is 0 Å². The second kappa shape index (κ2) is 9.10. The van der Waals surface area contributed by atoms with Gasteiger partial charge < -0.3 is 5.11 Å². The van der Waals surface area contributed by atoms with Crippen molar-refractivity contribution >= 4 is 34.1 Å². The first-order valence-electron chi connectivity index (χ1n) is 10.2. The fraction of sp³-hybridized carbons (Fsp3) is 0.167. The van der Waals surface area contributed by atoms with Gasteiger partial charge in [-0.05, 0) is 29.8 Å². The Hall–Kier alpha value is -3.08. The minimum Gasteiger partial charge on any atom is -0.369 e. The monoisotopic (exact) mass is 546 g/mol. The van der Waals surface area contributed by atoms with Gasteiger partial charge in [-0.25, -0.2) is 4.98 Å². The molecule has 4 nitrogen and oxygen atoms in total. The highest BCUT2D eigenvalue weighted by molar-refractivity contribution is 6.42. The maximum atomic E-state index is 13.4. The normalized spacial score (nSPS) is 12.8. The van der Waals surface area contributed by atoms with Crippen molar-refractivity contribution in [1.82, 2.24) is 9.55 Å². The number of halogens is 8. The maximum absolute atomic E-state index is 13.4. The number of nitrogens with zero attached hydrogens (tertiary/aromatic N) is 2. The minimum atomic E-state index is -6.04. The first kappa shape index (κ1) is 26.0. The highest BCUT2D eigenvalue weighted by atomic mass is 35.5. The third kappa shape index (κ3) is 4.44. The van der Waals surface area contributed by atoms with Gasteiger partial charge in [0.15, 0.2) is 0 Å². The lowest BCUT2D eigenvalue weighted by atomic mass is 9.92. The molecular formula is C24H14Cl2F6N2O2. The van der Waals surface area contributed by atoms with Crippen LogP contribution in [0.2, 0.25) is 10.0 Å². The molecule has 188 valence electrons. The summed E-state index contributed by atoms with van der Waals surface area (Å²) in [6.45, 7) is 0. The van der Waals surface area contributed by atoms with Crippen molar-refractivity contribution in [2.45, 2.75) is 24.4 Å². The van der Waals surface area contributed by atoms with Gasteiger partial charge in [-0.15, -0.1) is 0 Å². The van der Waals surface area contributed by atoms with E-state index >= 15 is 0 Å². The van der Waals surface area contributed by atoms with Crippen LogP contribution < -0.4 is 5.56 Å². The van der Waals surface area contributed by atoms with Gasteiger partial charge in [-0.3, -0.25) is 9.36 Å². The Kier molecular flexibility index (Phi) is 6.57. The zero-order valence-electron chi connectivity index (χ0n) is 17.8. The molecule has 0 atom stereocenters. The number of rotatable bonds is 4. The van der Waals surface area contributed by atoms with Gasteiger partial charge in [0.1, 0.15) is 5.82 Å². The summed E-state index contributed by atoms with van der Waals surface area (Å²) in [5.41, 5.74) is -6.34. The molecule has 1 aromatic heterocycles. The standard InChI is InChI=1S/C24H14Cl2F6N2O2/c25-17-11-16-19(12-18(17)26)33-20(10-13-4-2-1-3-5-13)34(21(16)35)15-8-6-14(7-9-15)22(36,23(27,28)29)24(30,31)32/h1-9,11-12,36H,10H2. The number of hydrogen-bond donors (Lipinski definition) is 1.